The molecule has 10 heteroatoms. The molecule has 0 radical (unpaired) electrons. The first-order chi connectivity index (χ1) is 14.6. The first-order valence-electron chi connectivity index (χ1n) is 9.68. The number of carbonyl (C=O) groups excluding carboxylic acids is 3. The lowest BCUT2D eigenvalue weighted by Gasteiger charge is -2.12. The monoisotopic (exact) mass is 446 g/mol. The highest BCUT2D eigenvalue weighted by Gasteiger charge is 2.17. The molecule has 0 bridgehead atoms. The largest absolute Gasteiger partial charge is 0.368 e. The average Bonchev–Trinajstić information content (AvgIpc) is 2.75. The Balaban J connectivity index is 1.94. The second-order valence-corrected chi connectivity index (χ2v) is 8.70. The molecule has 0 aliphatic carbocycles. The number of sulfonamides is 1. The molecule has 9 nitrogen and oxygen atoms in total. The minimum Gasteiger partial charge on any atom is -0.368 e. The van der Waals surface area contributed by atoms with Crippen molar-refractivity contribution in [3.63, 3.8) is 0 Å². The highest BCUT2D eigenvalue weighted by Crippen LogP contribution is 2.12. The average molecular weight is 447 g/mol. The summed E-state index contributed by atoms with van der Waals surface area (Å²) in [4.78, 5) is 35.0. The molecule has 31 heavy (non-hydrogen) atoms. The summed E-state index contributed by atoms with van der Waals surface area (Å²) < 4.78 is 27.1. The molecule has 1 atom stereocenters. The van der Waals surface area contributed by atoms with Gasteiger partial charge in [-0.1, -0.05) is 19.1 Å². The summed E-state index contributed by atoms with van der Waals surface area (Å²) >= 11 is 0. The third kappa shape index (κ3) is 7.19. The Morgan fingerprint density at radius 2 is 1.42 bits per heavy atom. The number of benzene rings is 2. The number of amides is 3. The standard InChI is InChI=1S/C21H26N4O5S/c1-3-14(2)25-31(29,30)18-10-8-17(9-11-18)20(27)23-12-15-4-6-16(7-5-15)21(28)24-13-19(22)26/h4-11,14,25H,3,12-13H2,1-2H3,(H2,22,26)(H,23,27)(H,24,28). The fourth-order valence-corrected chi connectivity index (χ4v) is 3.86. The Bertz CT molecular complexity index is 1030. The summed E-state index contributed by atoms with van der Waals surface area (Å²) in [5.41, 5.74) is 6.43. The van der Waals surface area contributed by atoms with Crippen LogP contribution in [-0.4, -0.2) is 38.7 Å². The third-order valence-electron chi connectivity index (χ3n) is 4.49. The van der Waals surface area contributed by atoms with Crippen LogP contribution < -0.4 is 21.1 Å². The molecule has 3 amide bonds. The second-order valence-electron chi connectivity index (χ2n) is 6.98. The summed E-state index contributed by atoms with van der Waals surface area (Å²) in [5, 5.41) is 5.13. The van der Waals surface area contributed by atoms with Crippen molar-refractivity contribution in [1.29, 1.82) is 0 Å². The van der Waals surface area contributed by atoms with E-state index in [4.69, 9.17) is 5.73 Å². The molecular formula is C21H26N4O5S. The maximum absolute atomic E-state index is 12.3. The van der Waals surface area contributed by atoms with Gasteiger partial charge < -0.3 is 16.4 Å². The van der Waals surface area contributed by atoms with Crippen LogP contribution in [0.3, 0.4) is 0 Å². The maximum Gasteiger partial charge on any atom is 0.251 e. The zero-order chi connectivity index (χ0) is 23.0. The number of nitrogens with one attached hydrogen (secondary N) is 3. The summed E-state index contributed by atoms with van der Waals surface area (Å²) in [6.45, 7) is 3.63. The van der Waals surface area contributed by atoms with Crippen molar-refractivity contribution in [3.05, 3.63) is 65.2 Å². The van der Waals surface area contributed by atoms with Gasteiger partial charge in [0.15, 0.2) is 0 Å². The molecule has 166 valence electrons. The van der Waals surface area contributed by atoms with E-state index in [9.17, 15) is 22.8 Å². The van der Waals surface area contributed by atoms with Crippen LogP contribution in [0.15, 0.2) is 53.4 Å². The molecule has 0 aliphatic rings. The number of hydrogen-bond acceptors (Lipinski definition) is 5. The van der Waals surface area contributed by atoms with Gasteiger partial charge in [0.2, 0.25) is 15.9 Å². The van der Waals surface area contributed by atoms with E-state index < -0.39 is 21.8 Å². The van der Waals surface area contributed by atoms with Crippen molar-refractivity contribution >= 4 is 27.7 Å². The summed E-state index contributed by atoms with van der Waals surface area (Å²) in [6.07, 6.45) is 0.665. The molecule has 0 spiro atoms. The van der Waals surface area contributed by atoms with Crippen molar-refractivity contribution in [2.45, 2.75) is 37.8 Å². The smallest absolute Gasteiger partial charge is 0.251 e. The minimum absolute atomic E-state index is 0.0922. The van der Waals surface area contributed by atoms with Crippen LogP contribution in [0.4, 0.5) is 0 Å². The zero-order valence-electron chi connectivity index (χ0n) is 17.3. The van der Waals surface area contributed by atoms with E-state index in [-0.39, 0.29) is 29.9 Å². The lowest BCUT2D eigenvalue weighted by molar-refractivity contribution is -0.117. The lowest BCUT2D eigenvalue weighted by Crippen LogP contribution is -2.33. The quantitative estimate of drug-likeness (QED) is 0.428. The normalized spacial score (nSPS) is 12.1. The summed E-state index contributed by atoms with van der Waals surface area (Å²) in [5.74, 6) is -1.42. The van der Waals surface area contributed by atoms with Crippen molar-refractivity contribution in [1.82, 2.24) is 15.4 Å². The molecular weight excluding hydrogens is 420 g/mol. The first-order valence-corrected chi connectivity index (χ1v) is 11.2. The molecule has 0 saturated carbocycles. The topological polar surface area (TPSA) is 147 Å². The Kier molecular flexibility index (Phi) is 8.29. The number of primary amides is 1. The van der Waals surface area contributed by atoms with Crippen molar-refractivity contribution in [2.75, 3.05) is 6.54 Å². The van der Waals surface area contributed by atoms with Gasteiger partial charge >= 0.3 is 0 Å². The van der Waals surface area contributed by atoms with E-state index in [1.807, 2.05) is 6.92 Å². The van der Waals surface area contributed by atoms with Crippen LogP contribution in [0.1, 0.15) is 46.5 Å². The van der Waals surface area contributed by atoms with Crippen LogP contribution in [0, 0.1) is 0 Å². The lowest BCUT2D eigenvalue weighted by atomic mass is 10.1. The summed E-state index contributed by atoms with van der Waals surface area (Å²) in [7, 11) is -3.63. The van der Waals surface area contributed by atoms with Crippen LogP contribution in [0.25, 0.3) is 0 Å². The molecule has 0 heterocycles. The van der Waals surface area contributed by atoms with E-state index in [1.54, 1.807) is 31.2 Å². The van der Waals surface area contributed by atoms with Gasteiger partial charge in [0.05, 0.1) is 11.4 Å². The minimum atomic E-state index is -3.63. The van der Waals surface area contributed by atoms with E-state index in [0.717, 1.165) is 5.56 Å². The molecule has 2 aromatic carbocycles. The zero-order valence-corrected chi connectivity index (χ0v) is 18.2. The molecule has 0 aromatic heterocycles. The predicted molar refractivity (Wildman–Crippen MR) is 116 cm³/mol. The van der Waals surface area contributed by atoms with Crippen LogP contribution in [-0.2, 0) is 21.4 Å². The Labute approximate surface area is 181 Å². The van der Waals surface area contributed by atoms with Crippen LogP contribution in [0.5, 0.6) is 0 Å². The van der Waals surface area contributed by atoms with Crippen molar-refractivity contribution in [2.24, 2.45) is 5.73 Å². The van der Waals surface area contributed by atoms with Gasteiger partial charge in [0.25, 0.3) is 11.8 Å². The molecule has 0 saturated heterocycles. The molecule has 0 aliphatic heterocycles. The molecule has 2 rings (SSSR count). The first kappa shape index (κ1) is 24.0. The predicted octanol–water partition coefficient (Wildman–Crippen LogP) is 0.909. The number of carbonyl (C=O) groups is 3. The van der Waals surface area contributed by atoms with E-state index in [2.05, 4.69) is 15.4 Å². The second kappa shape index (κ2) is 10.7. The van der Waals surface area contributed by atoms with Gasteiger partial charge in [-0.05, 0) is 55.3 Å². The highest BCUT2D eigenvalue weighted by atomic mass is 32.2. The van der Waals surface area contributed by atoms with E-state index >= 15 is 0 Å². The molecule has 5 N–H and O–H groups in total. The van der Waals surface area contributed by atoms with Gasteiger partial charge in [-0.2, -0.15) is 0 Å². The van der Waals surface area contributed by atoms with E-state index in [1.165, 1.54) is 24.3 Å². The van der Waals surface area contributed by atoms with Crippen molar-refractivity contribution < 1.29 is 22.8 Å². The van der Waals surface area contributed by atoms with Crippen molar-refractivity contribution in [3.8, 4) is 0 Å². The summed E-state index contributed by atoms with van der Waals surface area (Å²) in [6, 6.07) is 12.0. The number of nitrogens with two attached hydrogens (primary N) is 1. The maximum atomic E-state index is 12.3. The fraction of sp³-hybridized carbons (Fsp3) is 0.286. The number of rotatable bonds is 10. The molecule has 1 unspecified atom stereocenters. The van der Waals surface area contributed by atoms with Gasteiger partial charge in [-0.25, -0.2) is 13.1 Å². The Morgan fingerprint density at radius 3 is 1.94 bits per heavy atom. The third-order valence-corrected chi connectivity index (χ3v) is 6.09. The van der Waals surface area contributed by atoms with Gasteiger partial charge in [-0.3, -0.25) is 14.4 Å². The van der Waals surface area contributed by atoms with Crippen LogP contribution in [0.2, 0.25) is 0 Å². The van der Waals surface area contributed by atoms with Crippen LogP contribution >= 0.6 is 0 Å². The molecule has 0 fully saturated rings. The highest BCUT2D eigenvalue weighted by molar-refractivity contribution is 7.89. The molecule has 2 aromatic rings. The van der Waals surface area contributed by atoms with Gasteiger partial charge in [0.1, 0.15) is 0 Å². The SMILES string of the molecule is CCC(C)NS(=O)(=O)c1ccc(C(=O)NCc2ccc(C(=O)NCC(N)=O)cc2)cc1. The Hall–Kier alpha value is -3.24. The fourth-order valence-electron chi connectivity index (χ4n) is 2.53. The van der Waals surface area contributed by atoms with Gasteiger partial charge in [-0.15, -0.1) is 0 Å². The number of hydrogen-bond donors (Lipinski definition) is 4. The van der Waals surface area contributed by atoms with E-state index in [0.29, 0.717) is 17.5 Å². The Morgan fingerprint density at radius 1 is 0.903 bits per heavy atom. The van der Waals surface area contributed by atoms with Gasteiger partial charge in [0, 0.05) is 23.7 Å².